The van der Waals surface area contributed by atoms with Gasteiger partial charge in [0.15, 0.2) is 0 Å². The Morgan fingerprint density at radius 1 is 1.43 bits per heavy atom. The van der Waals surface area contributed by atoms with Gasteiger partial charge >= 0.3 is 5.97 Å². The van der Waals surface area contributed by atoms with E-state index in [1.165, 1.54) is 6.08 Å². The van der Waals surface area contributed by atoms with Crippen LogP contribution in [0.15, 0.2) is 11.6 Å². The third kappa shape index (κ3) is 1.39. The van der Waals surface area contributed by atoms with Crippen LogP contribution in [0.5, 0.6) is 0 Å². The molecule has 0 radical (unpaired) electrons. The largest absolute Gasteiger partial charge is 0.545 e. The maximum absolute atomic E-state index is 11.1. The molecule has 1 fully saturated rings. The minimum absolute atomic E-state index is 0.369. The monoisotopic (exact) mass is 197 g/mol. The van der Waals surface area contributed by atoms with E-state index in [4.69, 9.17) is 9.47 Å². The molecule has 0 aromatic carbocycles. The molecule has 0 saturated carbocycles. The summed E-state index contributed by atoms with van der Waals surface area (Å²) in [6, 6.07) is 0. The van der Waals surface area contributed by atoms with Gasteiger partial charge < -0.3 is 19.4 Å². The van der Waals surface area contributed by atoms with E-state index in [9.17, 15) is 14.7 Å². The molecule has 0 aromatic rings. The van der Waals surface area contributed by atoms with Gasteiger partial charge in [0.25, 0.3) is 0 Å². The average molecular weight is 197 g/mol. The highest BCUT2D eigenvalue weighted by Crippen LogP contribution is 2.33. The molecule has 0 atom stereocenters. The second-order valence-electron chi connectivity index (χ2n) is 3.41. The number of hydrogen-bond acceptors (Lipinski definition) is 5. The molecule has 0 N–H and O–H groups in total. The summed E-state index contributed by atoms with van der Waals surface area (Å²) in [5, 5.41) is 10.5. The van der Waals surface area contributed by atoms with Crippen LogP contribution in [-0.2, 0) is 19.1 Å². The Kier molecular flexibility index (Phi) is 2.03. The number of hydrogen-bond donors (Lipinski definition) is 0. The number of esters is 1. The lowest BCUT2D eigenvalue weighted by Gasteiger charge is -2.30. The van der Waals surface area contributed by atoms with E-state index in [1.54, 1.807) is 0 Å². The molecule has 2 aliphatic heterocycles. The standard InChI is InChI=1S/C9H10O5/c10-7(11)6-5-9(14-8(6)12)1-3-13-4-2-9/h5H,1-4H2,(H,10,11)/p-1. The summed E-state index contributed by atoms with van der Waals surface area (Å²) in [6.45, 7) is 0.953. The number of carbonyl (C=O) groups excluding carboxylic acids is 2. The van der Waals surface area contributed by atoms with Crippen molar-refractivity contribution in [1.82, 2.24) is 0 Å². The molecule has 14 heavy (non-hydrogen) atoms. The first-order valence-electron chi connectivity index (χ1n) is 4.38. The fourth-order valence-corrected chi connectivity index (χ4v) is 1.70. The van der Waals surface area contributed by atoms with Crippen molar-refractivity contribution in [2.24, 2.45) is 0 Å². The molecule has 0 unspecified atom stereocenters. The molecule has 5 nitrogen and oxygen atoms in total. The van der Waals surface area contributed by atoms with Gasteiger partial charge in [-0.3, -0.25) is 0 Å². The minimum atomic E-state index is -1.47. The predicted molar refractivity (Wildman–Crippen MR) is 42.0 cm³/mol. The summed E-state index contributed by atoms with van der Waals surface area (Å²) in [4.78, 5) is 21.7. The molecule has 0 bridgehead atoms. The Balaban J connectivity index is 2.24. The van der Waals surface area contributed by atoms with Crippen LogP contribution >= 0.6 is 0 Å². The number of rotatable bonds is 1. The molecule has 2 aliphatic rings. The number of carboxylic acid groups (broad SMARTS) is 1. The van der Waals surface area contributed by atoms with Crippen LogP contribution in [0.25, 0.3) is 0 Å². The normalized spacial score (nSPS) is 24.6. The zero-order chi connectivity index (χ0) is 10.2. The van der Waals surface area contributed by atoms with Crippen LogP contribution in [0, 0.1) is 0 Å². The van der Waals surface area contributed by atoms with Crippen LogP contribution in [0.1, 0.15) is 12.8 Å². The lowest BCUT2D eigenvalue weighted by Crippen LogP contribution is -2.35. The smallest absolute Gasteiger partial charge is 0.340 e. The zero-order valence-electron chi connectivity index (χ0n) is 7.45. The maximum Gasteiger partial charge on any atom is 0.340 e. The second kappa shape index (κ2) is 3.09. The van der Waals surface area contributed by atoms with Gasteiger partial charge in [-0.25, -0.2) is 4.79 Å². The van der Waals surface area contributed by atoms with E-state index in [1.807, 2.05) is 0 Å². The van der Waals surface area contributed by atoms with Crippen molar-refractivity contribution in [3.63, 3.8) is 0 Å². The molecular formula is C9H9O5-. The van der Waals surface area contributed by atoms with E-state index in [0.717, 1.165) is 0 Å². The predicted octanol–water partition coefficient (Wildman–Crippen LogP) is -1.23. The van der Waals surface area contributed by atoms with Crippen molar-refractivity contribution in [3.8, 4) is 0 Å². The van der Waals surface area contributed by atoms with Gasteiger partial charge in [0, 0.05) is 12.8 Å². The van der Waals surface area contributed by atoms with Crippen LogP contribution in [-0.4, -0.2) is 30.8 Å². The summed E-state index contributed by atoms with van der Waals surface area (Å²) in [6.07, 6.45) is 2.37. The Labute approximate surface area is 80.3 Å². The Morgan fingerprint density at radius 3 is 2.57 bits per heavy atom. The van der Waals surface area contributed by atoms with Crippen LogP contribution in [0.3, 0.4) is 0 Å². The van der Waals surface area contributed by atoms with Crippen molar-refractivity contribution in [2.45, 2.75) is 18.4 Å². The Morgan fingerprint density at radius 2 is 2.07 bits per heavy atom. The lowest BCUT2D eigenvalue weighted by atomic mass is 9.94. The Hall–Kier alpha value is -1.36. The number of carboxylic acids is 1. The molecule has 2 heterocycles. The first-order chi connectivity index (χ1) is 6.63. The van der Waals surface area contributed by atoms with Crippen molar-refractivity contribution in [3.05, 3.63) is 11.6 Å². The molecule has 1 spiro atoms. The highest BCUT2D eigenvalue weighted by molar-refractivity contribution is 6.14. The molecule has 1 saturated heterocycles. The van der Waals surface area contributed by atoms with Gasteiger partial charge in [-0.05, 0) is 6.08 Å². The third-order valence-electron chi connectivity index (χ3n) is 2.48. The van der Waals surface area contributed by atoms with Gasteiger partial charge in [0.2, 0.25) is 0 Å². The summed E-state index contributed by atoms with van der Waals surface area (Å²) in [7, 11) is 0. The van der Waals surface area contributed by atoms with E-state index >= 15 is 0 Å². The average Bonchev–Trinajstić information content (AvgIpc) is 2.44. The molecule has 2 rings (SSSR count). The fraction of sp³-hybridized carbons (Fsp3) is 0.556. The van der Waals surface area contributed by atoms with Crippen LogP contribution in [0.4, 0.5) is 0 Å². The van der Waals surface area contributed by atoms with Gasteiger partial charge in [0.1, 0.15) is 5.60 Å². The summed E-state index contributed by atoms with van der Waals surface area (Å²) >= 11 is 0. The van der Waals surface area contributed by atoms with E-state index in [2.05, 4.69) is 0 Å². The van der Waals surface area contributed by atoms with E-state index in [0.29, 0.717) is 26.1 Å². The lowest BCUT2D eigenvalue weighted by molar-refractivity contribution is -0.298. The highest BCUT2D eigenvalue weighted by atomic mass is 16.6. The SMILES string of the molecule is O=C([O-])C1=CC2(CCOCC2)OC1=O. The number of ether oxygens (including phenoxy) is 2. The van der Waals surface area contributed by atoms with E-state index in [-0.39, 0.29) is 5.57 Å². The zero-order valence-corrected chi connectivity index (χ0v) is 7.45. The molecule has 0 aromatic heterocycles. The van der Waals surface area contributed by atoms with Crippen LogP contribution in [0.2, 0.25) is 0 Å². The number of aliphatic carboxylic acids is 1. The summed E-state index contributed by atoms with van der Waals surface area (Å²) in [5.41, 5.74) is -1.13. The number of carbonyl (C=O) groups is 2. The van der Waals surface area contributed by atoms with Crippen LogP contribution < -0.4 is 5.11 Å². The summed E-state index contributed by atoms with van der Waals surface area (Å²) in [5.74, 6) is -2.27. The van der Waals surface area contributed by atoms with E-state index < -0.39 is 17.5 Å². The molecular weight excluding hydrogens is 188 g/mol. The second-order valence-corrected chi connectivity index (χ2v) is 3.41. The Bertz CT molecular complexity index is 311. The molecule has 5 heteroatoms. The topological polar surface area (TPSA) is 75.7 Å². The van der Waals surface area contributed by atoms with Gasteiger partial charge in [-0.2, -0.15) is 0 Å². The van der Waals surface area contributed by atoms with Crippen molar-refractivity contribution in [1.29, 1.82) is 0 Å². The highest BCUT2D eigenvalue weighted by Gasteiger charge is 2.41. The van der Waals surface area contributed by atoms with Gasteiger partial charge in [-0.1, -0.05) is 0 Å². The van der Waals surface area contributed by atoms with Crippen molar-refractivity contribution in [2.75, 3.05) is 13.2 Å². The molecule has 76 valence electrons. The fourth-order valence-electron chi connectivity index (χ4n) is 1.70. The van der Waals surface area contributed by atoms with Crippen molar-refractivity contribution < 1.29 is 24.2 Å². The first-order valence-corrected chi connectivity index (χ1v) is 4.38. The van der Waals surface area contributed by atoms with Crippen molar-refractivity contribution >= 4 is 11.9 Å². The maximum atomic E-state index is 11.1. The molecule has 0 aliphatic carbocycles. The summed E-state index contributed by atoms with van der Waals surface area (Å²) < 4.78 is 10.1. The minimum Gasteiger partial charge on any atom is -0.545 e. The quantitative estimate of drug-likeness (QED) is 0.388. The first kappa shape index (κ1) is 9.21. The van der Waals surface area contributed by atoms with Gasteiger partial charge in [0.05, 0.1) is 24.8 Å². The van der Waals surface area contributed by atoms with Gasteiger partial charge in [-0.15, -0.1) is 0 Å². The third-order valence-corrected chi connectivity index (χ3v) is 2.48. The molecule has 0 amide bonds.